The second kappa shape index (κ2) is 22.2. The van der Waals surface area contributed by atoms with Crippen molar-refractivity contribution in [3.63, 3.8) is 0 Å². The molecule has 0 aliphatic heterocycles. The molecule has 0 N–H and O–H groups in total. The van der Waals surface area contributed by atoms with Crippen molar-refractivity contribution in [1.82, 2.24) is 4.57 Å². The van der Waals surface area contributed by atoms with Crippen LogP contribution in [0.2, 0.25) is 0 Å². The van der Waals surface area contributed by atoms with Gasteiger partial charge in [-0.15, -0.1) is 35.4 Å². The van der Waals surface area contributed by atoms with Crippen molar-refractivity contribution >= 4 is 58.9 Å². The van der Waals surface area contributed by atoms with E-state index in [0.717, 1.165) is 17.5 Å². The van der Waals surface area contributed by atoms with Crippen molar-refractivity contribution in [2.75, 3.05) is 12.3 Å². The Hall–Kier alpha value is -4.98. The van der Waals surface area contributed by atoms with Gasteiger partial charge in [0, 0.05) is 23.5 Å². The summed E-state index contributed by atoms with van der Waals surface area (Å²) >= 11 is 0. The first kappa shape index (κ1) is 45.5. The van der Waals surface area contributed by atoms with E-state index in [2.05, 4.69) is 193 Å². The van der Waals surface area contributed by atoms with Crippen molar-refractivity contribution < 1.29 is 44.8 Å². The summed E-state index contributed by atoms with van der Waals surface area (Å²) in [6, 6.07) is 73.4. The van der Waals surface area contributed by atoms with Gasteiger partial charge in [-0.05, 0) is 83.1 Å². The van der Waals surface area contributed by atoms with Crippen molar-refractivity contribution in [3.8, 4) is 23.0 Å². The van der Waals surface area contributed by atoms with Gasteiger partial charge in [-0.25, -0.2) is 0 Å². The minimum atomic E-state index is -0.783. The Bertz CT molecular complexity index is 2730. The molecule has 0 unspecified atom stereocenters. The van der Waals surface area contributed by atoms with E-state index < -0.39 is 15.8 Å². The molecule has 1 aliphatic carbocycles. The molecule has 1 nitrogen and oxygen atoms in total. The van der Waals surface area contributed by atoms with E-state index in [1.165, 1.54) is 77.6 Å². The van der Waals surface area contributed by atoms with Gasteiger partial charge < -0.3 is 17.4 Å². The number of hydrogen-bond donors (Lipinski definition) is 0. The van der Waals surface area contributed by atoms with Crippen LogP contribution < -0.4 is 21.2 Å². The molecular formula is C56H45Au2NP2+2. The van der Waals surface area contributed by atoms with Crippen LogP contribution in [-0.2, 0) is 58.2 Å². The quantitative estimate of drug-likeness (QED) is 0.0649. The number of aryl methyl sites for hydroxylation is 1. The van der Waals surface area contributed by atoms with Crippen molar-refractivity contribution in [3.05, 3.63) is 241 Å². The van der Waals surface area contributed by atoms with Crippen LogP contribution in [0.1, 0.15) is 22.3 Å². The van der Waals surface area contributed by atoms with E-state index in [1.54, 1.807) is 0 Å². The molecule has 9 aromatic rings. The molecule has 1 aromatic heterocycles. The summed E-state index contributed by atoms with van der Waals surface area (Å²) in [5.74, 6) is 4.87. The van der Waals surface area contributed by atoms with Crippen LogP contribution in [0.4, 0.5) is 0 Å². The predicted molar refractivity (Wildman–Crippen MR) is 258 cm³/mol. The Balaban J connectivity index is 0.000000161. The van der Waals surface area contributed by atoms with Crippen molar-refractivity contribution in [1.29, 1.82) is 0 Å². The van der Waals surface area contributed by atoms with Crippen LogP contribution in [-0.4, -0.2) is 16.9 Å². The van der Waals surface area contributed by atoms with Crippen LogP contribution in [0.25, 0.3) is 32.9 Å². The Morgan fingerprint density at radius 2 is 0.836 bits per heavy atom. The first-order chi connectivity index (χ1) is 29.1. The van der Waals surface area contributed by atoms with Crippen LogP contribution in [0.15, 0.2) is 206 Å². The zero-order valence-electron chi connectivity index (χ0n) is 33.8. The van der Waals surface area contributed by atoms with E-state index >= 15 is 0 Å². The maximum atomic E-state index is 7.18. The van der Waals surface area contributed by atoms with Crippen LogP contribution >= 0.6 is 15.8 Å². The molecule has 0 bridgehead atoms. The van der Waals surface area contributed by atoms with E-state index in [9.17, 15) is 0 Å². The summed E-state index contributed by atoms with van der Waals surface area (Å²) in [5.41, 5.74) is 9.45. The van der Waals surface area contributed by atoms with Crippen LogP contribution in [0.3, 0.4) is 0 Å². The monoisotopic (exact) mass is 1190 g/mol. The van der Waals surface area contributed by atoms with Crippen molar-refractivity contribution in [2.24, 2.45) is 7.05 Å². The SMILES string of the molecule is [Au+].[Au+].[C-]#Cc1ccc2c(c1)Cc1ccccc1-2.[C-]#Cc1ccc2c(c1)c1ccccc1n2C.c1ccc([PH+](CC[PH+](c2ccccc2)c2ccccc2)c2ccccc2)cc1. The third-order valence-electron chi connectivity index (χ3n) is 11.1. The minimum absolute atomic E-state index is 0. The predicted octanol–water partition coefficient (Wildman–Crippen LogP) is 11.2. The zero-order valence-corrected chi connectivity index (χ0v) is 40.1. The average molecular weight is 1190 g/mol. The number of nitrogens with zero attached hydrogens (tertiary/aromatic N) is 1. The topological polar surface area (TPSA) is 4.93 Å². The standard InChI is InChI=1S/C26H24P2.C15H10N.C15H9.2Au/c1-5-13-23(14-6-1)27(24-15-7-2-8-16-24)21-22-28(25-17-9-3-10-18-25)26-19-11-4-12-20-26;1-3-11-8-9-15-13(10-11)12-6-4-5-7-14(12)16(15)2;1-2-11-7-8-15-13(9-11)10-12-5-3-4-6-14(12)15;;/h1-20H,21-22H2;4-10H,2H3;3-9H,10H2;;/q;2*-1;2*+1/p+2. The molecule has 10 rings (SSSR count). The summed E-state index contributed by atoms with van der Waals surface area (Å²) < 4.78 is 2.18. The van der Waals surface area contributed by atoms with Gasteiger partial charge >= 0.3 is 44.8 Å². The fraction of sp³-hybridized carbons (Fsp3) is 0.0714. The number of rotatable bonds is 7. The molecule has 0 fully saturated rings. The number of benzene rings is 8. The third kappa shape index (κ3) is 10.7. The van der Waals surface area contributed by atoms with E-state index in [4.69, 9.17) is 12.8 Å². The van der Waals surface area contributed by atoms with Crippen LogP contribution in [0.5, 0.6) is 0 Å². The summed E-state index contributed by atoms with van der Waals surface area (Å²) in [4.78, 5) is 0. The molecule has 0 amide bonds. The van der Waals surface area contributed by atoms with Gasteiger partial charge in [0.25, 0.3) is 0 Å². The fourth-order valence-corrected chi connectivity index (χ4v) is 14.4. The van der Waals surface area contributed by atoms with Gasteiger partial charge in [-0.3, -0.25) is 11.8 Å². The van der Waals surface area contributed by atoms with Gasteiger partial charge in [0.1, 0.15) is 12.3 Å². The second-order valence-corrected chi connectivity index (χ2v) is 19.9. The molecule has 0 saturated carbocycles. The van der Waals surface area contributed by atoms with Gasteiger partial charge in [-0.1, -0.05) is 133 Å². The summed E-state index contributed by atoms with van der Waals surface area (Å²) in [6.07, 6.45) is 17.8. The molecule has 0 spiro atoms. The van der Waals surface area contributed by atoms with Gasteiger partial charge in [0.2, 0.25) is 0 Å². The number of fused-ring (bicyclic) bond motifs is 6. The Morgan fingerprint density at radius 3 is 1.36 bits per heavy atom. The third-order valence-corrected chi connectivity index (χ3v) is 17.2. The Morgan fingerprint density at radius 1 is 0.426 bits per heavy atom. The average Bonchev–Trinajstić information content (AvgIpc) is 3.83. The largest absolute Gasteiger partial charge is 1.00 e. The van der Waals surface area contributed by atoms with E-state index in [-0.39, 0.29) is 44.8 Å². The number of para-hydroxylation sites is 1. The summed E-state index contributed by atoms with van der Waals surface area (Å²) in [6.45, 7) is 0. The van der Waals surface area contributed by atoms with E-state index in [1.807, 2.05) is 36.4 Å². The van der Waals surface area contributed by atoms with Crippen LogP contribution in [0, 0.1) is 24.7 Å². The molecule has 1 heterocycles. The van der Waals surface area contributed by atoms with Gasteiger partial charge in [0.15, 0.2) is 0 Å². The number of hydrogen-bond acceptors (Lipinski definition) is 0. The molecule has 61 heavy (non-hydrogen) atoms. The normalized spacial score (nSPS) is 10.8. The fourth-order valence-electron chi connectivity index (χ4n) is 8.19. The second-order valence-electron chi connectivity index (χ2n) is 14.7. The smallest absolute Gasteiger partial charge is 0.366 e. The maximum Gasteiger partial charge on any atom is 1.00 e. The molecule has 0 saturated heterocycles. The molecule has 304 valence electrons. The summed E-state index contributed by atoms with van der Waals surface area (Å²) in [5, 5.41) is 8.48. The molecule has 0 atom stereocenters. The number of aromatic nitrogens is 1. The van der Waals surface area contributed by atoms with Gasteiger partial charge in [-0.2, -0.15) is 0 Å². The Kier molecular flexibility index (Phi) is 16.6. The maximum absolute atomic E-state index is 7.18. The first-order valence-electron chi connectivity index (χ1n) is 20.1. The molecule has 0 radical (unpaired) electrons. The van der Waals surface area contributed by atoms with Gasteiger partial charge in [0.05, 0.1) is 37.1 Å². The molecule has 8 aromatic carbocycles. The minimum Gasteiger partial charge on any atom is -0.366 e. The summed E-state index contributed by atoms with van der Waals surface area (Å²) in [7, 11) is 0.501. The first-order valence-corrected chi connectivity index (χ1v) is 23.5. The molecule has 1 aliphatic rings. The van der Waals surface area contributed by atoms with E-state index in [0.29, 0.717) is 0 Å². The Labute approximate surface area is 395 Å². The molecular weight excluding hydrogens is 1140 g/mol. The zero-order chi connectivity index (χ0) is 40.4. The van der Waals surface area contributed by atoms with Crippen molar-refractivity contribution in [2.45, 2.75) is 6.42 Å². The molecule has 5 heteroatoms.